The number of fused-ring (bicyclic) bond motifs is 1. The first-order valence-electron chi connectivity index (χ1n) is 9.58. The Morgan fingerprint density at radius 1 is 1.28 bits per heavy atom. The van der Waals surface area contributed by atoms with Gasteiger partial charge in [0.2, 0.25) is 0 Å². The lowest BCUT2D eigenvalue weighted by atomic mass is 9.82. The number of methoxy groups -OCH3 is 1. The fourth-order valence-corrected chi connectivity index (χ4v) is 4.38. The lowest BCUT2D eigenvalue weighted by Gasteiger charge is -2.30. The average molecular weight is 349 g/mol. The molecule has 0 amide bonds. The molecule has 140 valence electrons. The largest absolute Gasteiger partial charge is 0.465 e. The molecular weight excluding hydrogens is 318 g/mol. The molecule has 1 aromatic heterocycles. The molecule has 3 rings (SSSR count). The molecule has 0 aromatic carbocycles. The highest BCUT2D eigenvalue weighted by atomic mass is 16.7. The van der Waals surface area contributed by atoms with Gasteiger partial charge in [0.15, 0.2) is 0 Å². The van der Waals surface area contributed by atoms with E-state index in [1.165, 1.54) is 32.8 Å². The van der Waals surface area contributed by atoms with E-state index in [4.69, 9.17) is 14.7 Å². The molecule has 1 aliphatic carbocycles. The molecular formula is C19H31N3O3. The number of hydroxylamine groups is 2. The minimum atomic E-state index is -0.277. The third-order valence-electron chi connectivity index (χ3n) is 5.64. The molecule has 0 N–H and O–H groups in total. The van der Waals surface area contributed by atoms with E-state index in [-0.39, 0.29) is 5.97 Å². The van der Waals surface area contributed by atoms with Crippen molar-refractivity contribution < 1.29 is 14.4 Å². The molecule has 6 nitrogen and oxygen atoms in total. The van der Waals surface area contributed by atoms with Gasteiger partial charge >= 0.3 is 5.97 Å². The van der Waals surface area contributed by atoms with Gasteiger partial charge in [-0.2, -0.15) is 10.2 Å². The zero-order valence-corrected chi connectivity index (χ0v) is 15.8. The molecule has 6 heteroatoms. The highest BCUT2D eigenvalue weighted by Gasteiger charge is 2.28. The van der Waals surface area contributed by atoms with Gasteiger partial charge < -0.3 is 9.57 Å². The first-order chi connectivity index (χ1) is 12.1. The molecule has 2 atom stereocenters. The number of carbonyl (C=O) groups is 1. The predicted octanol–water partition coefficient (Wildman–Crippen LogP) is 3.20. The summed E-state index contributed by atoms with van der Waals surface area (Å²) in [6.07, 6.45) is 8.26. The van der Waals surface area contributed by atoms with Crippen molar-refractivity contribution in [3.05, 3.63) is 17.0 Å². The van der Waals surface area contributed by atoms with E-state index >= 15 is 0 Å². The molecule has 1 aromatic rings. The second-order valence-electron chi connectivity index (χ2n) is 7.58. The molecule has 2 unspecified atom stereocenters. The smallest absolute Gasteiger partial charge is 0.341 e. The Balaban J connectivity index is 1.75. The van der Waals surface area contributed by atoms with Gasteiger partial charge in [-0.05, 0) is 43.9 Å². The van der Waals surface area contributed by atoms with Gasteiger partial charge in [0.05, 0.1) is 32.2 Å². The van der Waals surface area contributed by atoms with Crippen molar-refractivity contribution in [3.63, 3.8) is 0 Å². The Bertz CT molecular complexity index is 599. The fraction of sp³-hybridized carbons (Fsp3) is 0.789. The van der Waals surface area contributed by atoms with Gasteiger partial charge in [-0.1, -0.05) is 19.8 Å². The maximum Gasteiger partial charge on any atom is 0.341 e. The van der Waals surface area contributed by atoms with Crippen LogP contribution >= 0.6 is 0 Å². The van der Waals surface area contributed by atoms with Crippen LogP contribution in [-0.4, -0.2) is 41.6 Å². The molecule has 25 heavy (non-hydrogen) atoms. The first-order valence-corrected chi connectivity index (χ1v) is 9.58. The SMILES string of the molecule is COC(=O)c1c(CN(CC2CCCC(C)C2)OC)nn2c1CCCC2. The average Bonchev–Trinajstić information content (AvgIpc) is 2.98. The quantitative estimate of drug-likeness (QED) is 0.583. The van der Waals surface area contributed by atoms with Crippen molar-refractivity contribution in [1.29, 1.82) is 0 Å². The Morgan fingerprint density at radius 3 is 2.84 bits per heavy atom. The van der Waals surface area contributed by atoms with Gasteiger partial charge in [0.1, 0.15) is 5.56 Å². The third-order valence-corrected chi connectivity index (χ3v) is 5.64. The first kappa shape index (κ1) is 18.4. The number of nitrogens with zero attached hydrogens (tertiary/aromatic N) is 3. The number of rotatable bonds is 6. The Kier molecular flexibility index (Phi) is 6.12. The van der Waals surface area contributed by atoms with Crippen LogP contribution in [0.3, 0.4) is 0 Å². The lowest BCUT2D eigenvalue weighted by Crippen LogP contribution is -2.31. The number of ether oxygens (including phenoxy) is 1. The van der Waals surface area contributed by atoms with E-state index in [0.717, 1.165) is 49.7 Å². The number of aromatic nitrogens is 2. The number of hydrogen-bond donors (Lipinski definition) is 0. The van der Waals surface area contributed by atoms with Crippen molar-refractivity contribution in [2.75, 3.05) is 20.8 Å². The number of carbonyl (C=O) groups excluding carboxylic acids is 1. The van der Waals surface area contributed by atoms with Crippen LogP contribution < -0.4 is 0 Å². The third kappa shape index (κ3) is 4.23. The van der Waals surface area contributed by atoms with Crippen LogP contribution in [0.4, 0.5) is 0 Å². The van der Waals surface area contributed by atoms with Crippen LogP contribution in [-0.2, 0) is 29.1 Å². The zero-order valence-electron chi connectivity index (χ0n) is 15.8. The minimum Gasteiger partial charge on any atom is -0.465 e. The predicted molar refractivity (Wildman–Crippen MR) is 95.0 cm³/mol. The summed E-state index contributed by atoms with van der Waals surface area (Å²) in [4.78, 5) is 18.0. The van der Waals surface area contributed by atoms with E-state index in [9.17, 15) is 4.79 Å². The van der Waals surface area contributed by atoms with Crippen molar-refractivity contribution in [3.8, 4) is 0 Å². The monoisotopic (exact) mass is 349 g/mol. The molecule has 2 heterocycles. The van der Waals surface area contributed by atoms with E-state index in [2.05, 4.69) is 6.92 Å². The molecule has 0 spiro atoms. The van der Waals surface area contributed by atoms with E-state index < -0.39 is 0 Å². The maximum atomic E-state index is 12.3. The maximum absolute atomic E-state index is 12.3. The van der Waals surface area contributed by atoms with Crippen molar-refractivity contribution >= 4 is 5.97 Å². The van der Waals surface area contributed by atoms with Gasteiger partial charge in [0.25, 0.3) is 0 Å². The van der Waals surface area contributed by atoms with Crippen LogP contribution in [0.2, 0.25) is 0 Å². The van der Waals surface area contributed by atoms with Crippen LogP contribution in [0.1, 0.15) is 67.2 Å². The van der Waals surface area contributed by atoms with E-state index in [0.29, 0.717) is 18.0 Å². The molecule has 1 fully saturated rings. The summed E-state index contributed by atoms with van der Waals surface area (Å²) in [5.41, 5.74) is 2.46. The minimum absolute atomic E-state index is 0.277. The normalized spacial score (nSPS) is 23.5. The van der Waals surface area contributed by atoms with E-state index in [1.54, 1.807) is 7.11 Å². The molecule has 1 saturated carbocycles. The molecule has 0 bridgehead atoms. The van der Waals surface area contributed by atoms with Gasteiger partial charge in [-0.3, -0.25) is 4.68 Å². The number of hydrogen-bond acceptors (Lipinski definition) is 5. The number of aryl methyl sites for hydroxylation is 1. The summed E-state index contributed by atoms with van der Waals surface area (Å²) in [6, 6.07) is 0. The topological polar surface area (TPSA) is 56.6 Å². The summed E-state index contributed by atoms with van der Waals surface area (Å²) < 4.78 is 7.02. The van der Waals surface area contributed by atoms with Crippen LogP contribution in [0.25, 0.3) is 0 Å². The molecule has 2 aliphatic rings. The molecule has 0 saturated heterocycles. The molecule has 1 aliphatic heterocycles. The summed E-state index contributed by atoms with van der Waals surface area (Å²) in [5, 5.41) is 6.67. The van der Waals surface area contributed by atoms with Crippen LogP contribution in [0, 0.1) is 11.8 Å². The summed E-state index contributed by atoms with van der Waals surface area (Å²) in [7, 11) is 3.15. The van der Waals surface area contributed by atoms with Crippen LogP contribution in [0.15, 0.2) is 0 Å². The Morgan fingerprint density at radius 2 is 2.12 bits per heavy atom. The zero-order chi connectivity index (χ0) is 17.8. The standard InChI is InChI=1S/C19H31N3O3/c1-14-7-6-8-15(11-14)12-21(25-3)13-16-18(19(23)24-2)17-9-4-5-10-22(17)20-16/h14-15H,4-13H2,1-3H3. The van der Waals surface area contributed by atoms with Gasteiger partial charge in [-0.15, -0.1) is 0 Å². The summed E-state index contributed by atoms with van der Waals surface area (Å²) >= 11 is 0. The van der Waals surface area contributed by atoms with Gasteiger partial charge in [0, 0.05) is 13.1 Å². The Hall–Kier alpha value is -1.40. The van der Waals surface area contributed by atoms with Crippen LogP contribution in [0.5, 0.6) is 0 Å². The van der Waals surface area contributed by atoms with E-state index in [1.807, 2.05) is 9.75 Å². The Labute approximate surface area is 150 Å². The highest BCUT2D eigenvalue weighted by molar-refractivity contribution is 5.92. The van der Waals surface area contributed by atoms with Gasteiger partial charge in [-0.25, -0.2) is 4.79 Å². The molecule has 0 radical (unpaired) electrons. The summed E-state index contributed by atoms with van der Waals surface area (Å²) in [6.45, 7) is 4.64. The summed E-state index contributed by atoms with van der Waals surface area (Å²) in [5.74, 6) is 1.17. The highest BCUT2D eigenvalue weighted by Crippen LogP contribution is 2.30. The van der Waals surface area contributed by atoms with Crippen molar-refractivity contribution in [2.24, 2.45) is 11.8 Å². The number of esters is 1. The fourth-order valence-electron chi connectivity index (χ4n) is 4.38. The second-order valence-corrected chi connectivity index (χ2v) is 7.58. The van der Waals surface area contributed by atoms with Crippen molar-refractivity contribution in [1.82, 2.24) is 14.8 Å². The van der Waals surface area contributed by atoms with Crippen molar-refractivity contribution in [2.45, 2.75) is 65.0 Å². The second kappa shape index (κ2) is 8.32. The lowest BCUT2D eigenvalue weighted by molar-refractivity contribution is -0.150.